The first kappa shape index (κ1) is 35.6. The quantitative estimate of drug-likeness (QED) is 0.161. The molecule has 0 saturated carbocycles. The van der Waals surface area contributed by atoms with Gasteiger partial charge in [0, 0.05) is 55.2 Å². The topological polar surface area (TPSA) is 35.6 Å². The molecule has 0 fully saturated rings. The van der Waals surface area contributed by atoms with Gasteiger partial charge in [0.1, 0.15) is 0 Å². The Morgan fingerprint density at radius 1 is 0.290 bits per heavy atom. The van der Waals surface area contributed by atoms with Crippen molar-refractivity contribution in [2.75, 3.05) is 0 Å². The van der Waals surface area contributed by atoms with E-state index in [9.17, 15) is 0 Å². The van der Waals surface area contributed by atoms with E-state index < -0.39 is 0 Å². The lowest BCUT2D eigenvalue weighted by Crippen LogP contribution is -1.96. The second kappa shape index (κ2) is 14.7. The van der Waals surface area contributed by atoms with Crippen LogP contribution in [-0.2, 0) is 0 Å². The van der Waals surface area contributed by atoms with E-state index in [2.05, 4.69) is 228 Å². The highest BCUT2D eigenvalue weighted by molar-refractivity contribution is 6.16. The van der Waals surface area contributed by atoms with Crippen molar-refractivity contribution in [3.8, 4) is 67.5 Å². The predicted molar refractivity (Wildman–Crippen MR) is 258 cm³/mol. The molecule has 0 bridgehead atoms. The molecule has 0 aliphatic heterocycles. The molecule has 0 aliphatic rings. The minimum Gasteiger partial charge on any atom is -0.309 e. The van der Waals surface area contributed by atoms with Crippen LogP contribution in [0.5, 0.6) is 0 Å². The summed E-state index contributed by atoms with van der Waals surface area (Å²) >= 11 is 0. The van der Waals surface area contributed by atoms with Gasteiger partial charge in [-0.05, 0) is 71.3 Å². The second-order valence-electron chi connectivity index (χ2n) is 15.8. The third-order valence-corrected chi connectivity index (χ3v) is 12.1. The number of hydrogen-bond acceptors (Lipinski definition) is 2. The Kier molecular flexibility index (Phi) is 8.46. The van der Waals surface area contributed by atoms with Crippen molar-refractivity contribution in [1.29, 1.82) is 0 Å². The van der Waals surface area contributed by atoms with Gasteiger partial charge >= 0.3 is 0 Å². The van der Waals surface area contributed by atoms with Crippen molar-refractivity contribution < 1.29 is 0 Å². The fourth-order valence-electron chi connectivity index (χ4n) is 9.34. The maximum absolute atomic E-state index is 5.15. The molecule has 3 aromatic heterocycles. The van der Waals surface area contributed by atoms with Gasteiger partial charge in [0.25, 0.3) is 0 Å². The summed E-state index contributed by atoms with van der Waals surface area (Å²) in [5.41, 5.74) is 16.5. The highest BCUT2D eigenvalue weighted by Gasteiger charge is 2.19. The minimum absolute atomic E-state index is 0.696. The SMILES string of the molecule is c1ccc(-c2cc(-c3ccccc3)nc(-c3cccc(-c4cccc5c4c4ccccc4n5-c4ccc(-c5cccc6c7ccccc7n(-c7ccccc7)c56)cc4)c3)n2)cc1. The molecule has 0 spiro atoms. The average molecular weight is 791 g/mol. The van der Waals surface area contributed by atoms with Gasteiger partial charge in [-0.2, -0.15) is 0 Å². The summed E-state index contributed by atoms with van der Waals surface area (Å²) < 4.78 is 4.81. The second-order valence-corrected chi connectivity index (χ2v) is 15.8. The summed E-state index contributed by atoms with van der Waals surface area (Å²) in [4.78, 5) is 10.3. The fourth-order valence-corrected chi connectivity index (χ4v) is 9.34. The first-order chi connectivity index (χ1) is 30.8. The van der Waals surface area contributed by atoms with E-state index in [4.69, 9.17) is 9.97 Å². The van der Waals surface area contributed by atoms with E-state index in [0.717, 1.165) is 56.0 Å². The molecule has 12 aromatic rings. The largest absolute Gasteiger partial charge is 0.309 e. The van der Waals surface area contributed by atoms with Crippen LogP contribution < -0.4 is 0 Å². The molecule has 290 valence electrons. The Hall–Kier alpha value is -8.34. The zero-order chi connectivity index (χ0) is 41.0. The van der Waals surface area contributed by atoms with Crippen LogP contribution in [0.1, 0.15) is 0 Å². The number of fused-ring (bicyclic) bond motifs is 6. The fraction of sp³-hybridized carbons (Fsp3) is 0. The molecular weight excluding hydrogens is 753 g/mol. The highest BCUT2D eigenvalue weighted by Crippen LogP contribution is 2.41. The molecular formula is C58H38N4. The third kappa shape index (κ3) is 5.92. The van der Waals surface area contributed by atoms with Crippen molar-refractivity contribution in [3.05, 3.63) is 231 Å². The van der Waals surface area contributed by atoms with E-state index in [0.29, 0.717) is 5.82 Å². The number of benzene rings is 9. The van der Waals surface area contributed by atoms with E-state index in [1.165, 1.54) is 49.3 Å². The molecule has 0 saturated heterocycles. The van der Waals surface area contributed by atoms with Gasteiger partial charge in [0.05, 0.1) is 33.5 Å². The smallest absolute Gasteiger partial charge is 0.160 e. The van der Waals surface area contributed by atoms with Crippen molar-refractivity contribution in [2.24, 2.45) is 0 Å². The van der Waals surface area contributed by atoms with Gasteiger partial charge in [-0.25, -0.2) is 9.97 Å². The van der Waals surface area contributed by atoms with E-state index >= 15 is 0 Å². The van der Waals surface area contributed by atoms with Crippen molar-refractivity contribution >= 4 is 43.6 Å². The van der Waals surface area contributed by atoms with Crippen LogP contribution in [0.3, 0.4) is 0 Å². The summed E-state index contributed by atoms with van der Waals surface area (Å²) in [7, 11) is 0. The van der Waals surface area contributed by atoms with Crippen LogP contribution >= 0.6 is 0 Å². The summed E-state index contributed by atoms with van der Waals surface area (Å²) in [5, 5.41) is 4.92. The molecule has 0 radical (unpaired) electrons. The molecule has 3 heterocycles. The summed E-state index contributed by atoms with van der Waals surface area (Å²) in [5.74, 6) is 0.696. The van der Waals surface area contributed by atoms with Crippen LogP contribution in [0.25, 0.3) is 111 Å². The number of aromatic nitrogens is 4. The maximum Gasteiger partial charge on any atom is 0.160 e. The van der Waals surface area contributed by atoms with Gasteiger partial charge < -0.3 is 9.13 Å². The molecule has 12 rings (SSSR count). The van der Waals surface area contributed by atoms with Crippen LogP contribution in [0, 0.1) is 0 Å². The Morgan fingerprint density at radius 3 is 1.50 bits per heavy atom. The summed E-state index contributed by atoms with van der Waals surface area (Å²) in [6, 6.07) is 82.1. The van der Waals surface area contributed by atoms with Crippen molar-refractivity contribution in [2.45, 2.75) is 0 Å². The molecule has 4 heteroatoms. The normalized spacial score (nSPS) is 11.5. The molecule has 9 aromatic carbocycles. The van der Waals surface area contributed by atoms with E-state index in [1.54, 1.807) is 0 Å². The van der Waals surface area contributed by atoms with E-state index in [1.807, 2.05) is 12.1 Å². The van der Waals surface area contributed by atoms with Crippen molar-refractivity contribution in [1.82, 2.24) is 19.1 Å². The highest BCUT2D eigenvalue weighted by atomic mass is 15.0. The molecule has 4 nitrogen and oxygen atoms in total. The maximum atomic E-state index is 5.15. The number of hydrogen-bond donors (Lipinski definition) is 0. The minimum atomic E-state index is 0.696. The van der Waals surface area contributed by atoms with Crippen molar-refractivity contribution in [3.63, 3.8) is 0 Å². The van der Waals surface area contributed by atoms with Crippen LogP contribution in [0.15, 0.2) is 231 Å². The van der Waals surface area contributed by atoms with Gasteiger partial charge in [0.15, 0.2) is 5.82 Å². The average Bonchev–Trinajstić information content (AvgIpc) is 3.88. The molecule has 0 unspecified atom stereocenters. The third-order valence-electron chi connectivity index (χ3n) is 12.1. The number of rotatable bonds is 7. The molecule has 0 N–H and O–H groups in total. The molecule has 62 heavy (non-hydrogen) atoms. The summed E-state index contributed by atoms with van der Waals surface area (Å²) in [6.45, 7) is 0. The molecule has 0 atom stereocenters. The van der Waals surface area contributed by atoms with Gasteiger partial charge in [-0.3, -0.25) is 0 Å². The van der Waals surface area contributed by atoms with E-state index in [-0.39, 0.29) is 0 Å². The van der Waals surface area contributed by atoms with Gasteiger partial charge in [-0.15, -0.1) is 0 Å². The Bertz CT molecular complexity index is 3550. The zero-order valence-corrected chi connectivity index (χ0v) is 33.7. The van der Waals surface area contributed by atoms with Crippen LogP contribution in [-0.4, -0.2) is 19.1 Å². The van der Waals surface area contributed by atoms with Crippen LogP contribution in [0.4, 0.5) is 0 Å². The Labute approximate surface area is 359 Å². The standard InChI is InChI=1S/C58H38N4/c1-4-17-40(18-5-1)51-38-52(41-19-6-2-7-20-41)60-58(59-51)43-22-14-21-42(37-43)46-27-16-32-55-56(46)50-26-11-13-31-54(50)61(55)45-35-33-39(34-36-45)47-28-15-29-49-48-25-10-12-30-53(48)62(57(47)49)44-23-8-3-9-24-44/h1-38H. The number of nitrogens with zero attached hydrogens (tertiary/aromatic N) is 4. The van der Waals surface area contributed by atoms with Gasteiger partial charge in [-0.1, -0.05) is 176 Å². The first-order valence-electron chi connectivity index (χ1n) is 21.1. The summed E-state index contributed by atoms with van der Waals surface area (Å²) in [6.07, 6.45) is 0. The predicted octanol–water partition coefficient (Wildman–Crippen LogP) is 15.0. The molecule has 0 amide bonds. The van der Waals surface area contributed by atoms with Crippen LogP contribution in [0.2, 0.25) is 0 Å². The molecule has 0 aliphatic carbocycles. The first-order valence-corrected chi connectivity index (χ1v) is 21.1. The monoisotopic (exact) mass is 790 g/mol. The lowest BCUT2D eigenvalue weighted by molar-refractivity contribution is 1.17. The Balaban J connectivity index is 0.983. The van der Waals surface area contributed by atoms with Gasteiger partial charge in [0.2, 0.25) is 0 Å². The lowest BCUT2D eigenvalue weighted by Gasteiger charge is -2.13. The Morgan fingerprint density at radius 2 is 0.790 bits per heavy atom. The zero-order valence-electron chi connectivity index (χ0n) is 33.7. The number of para-hydroxylation sites is 4. The lowest BCUT2D eigenvalue weighted by atomic mass is 9.97.